The van der Waals surface area contributed by atoms with Gasteiger partial charge in [-0.2, -0.15) is 0 Å². The van der Waals surface area contributed by atoms with E-state index in [-0.39, 0.29) is 12.6 Å². The van der Waals surface area contributed by atoms with Crippen LogP contribution in [-0.2, 0) is 0 Å². The second-order valence-electron chi connectivity index (χ2n) is 2.71. The zero-order chi connectivity index (χ0) is 6.69. The summed E-state index contributed by atoms with van der Waals surface area (Å²) in [7, 11) is 0. The van der Waals surface area contributed by atoms with Crippen LogP contribution in [0.15, 0.2) is 0 Å². The third kappa shape index (κ3) is 1.66. The summed E-state index contributed by atoms with van der Waals surface area (Å²) in [6.45, 7) is 0.248. The Balaban J connectivity index is 2.30. The Morgan fingerprint density at radius 3 is 2.89 bits per heavy atom. The van der Waals surface area contributed by atoms with Crippen LogP contribution in [0.3, 0.4) is 0 Å². The van der Waals surface area contributed by atoms with Crippen molar-refractivity contribution in [2.24, 2.45) is 11.7 Å². The van der Waals surface area contributed by atoms with Gasteiger partial charge in [0.05, 0.1) is 0 Å². The van der Waals surface area contributed by atoms with Crippen molar-refractivity contribution in [3.63, 3.8) is 0 Å². The minimum atomic E-state index is 0.236. The van der Waals surface area contributed by atoms with Crippen molar-refractivity contribution in [3.05, 3.63) is 6.42 Å². The van der Waals surface area contributed by atoms with Crippen molar-refractivity contribution in [1.82, 2.24) is 0 Å². The van der Waals surface area contributed by atoms with Crippen LogP contribution in [0.2, 0.25) is 0 Å². The molecule has 1 saturated carbocycles. The van der Waals surface area contributed by atoms with Gasteiger partial charge in [-0.1, -0.05) is 0 Å². The van der Waals surface area contributed by atoms with Crippen LogP contribution in [0, 0.1) is 12.3 Å². The van der Waals surface area contributed by atoms with Crippen LogP contribution in [0.4, 0.5) is 0 Å². The molecule has 2 unspecified atom stereocenters. The quantitative estimate of drug-likeness (QED) is 0.534. The van der Waals surface area contributed by atoms with Gasteiger partial charge in [-0.05, 0) is 31.6 Å². The number of aliphatic hydroxyl groups is 1. The molecule has 2 nitrogen and oxygen atoms in total. The van der Waals surface area contributed by atoms with E-state index in [1.165, 1.54) is 0 Å². The molecule has 1 aliphatic carbocycles. The molecule has 1 radical (unpaired) electrons. The lowest BCUT2D eigenvalue weighted by atomic mass is 9.86. The van der Waals surface area contributed by atoms with Crippen molar-refractivity contribution in [1.29, 1.82) is 0 Å². The summed E-state index contributed by atoms with van der Waals surface area (Å²) in [6.07, 6.45) is 5.38. The SMILES string of the molecule is NC1CC[CH]CC1CO. The highest BCUT2D eigenvalue weighted by atomic mass is 16.3. The second-order valence-corrected chi connectivity index (χ2v) is 2.71. The van der Waals surface area contributed by atoms with Gasteiger partial charge in [0, 0.05) is 12.6 Å². The summed E-state index contributed by atoms with van der Waals surface area (Å²) in [6, 6.07) is 0.236. The first-order chi connectivity index (χ1) is 4.34. The molecule has 2 heteroatoms. The molecule has 0 aromatic rings. The predicted octanol–water partition coefficient (Wildman–Crippen LogP) is 0.310. The maximum absolute atomic E-state index is 8.76. The van der Waals surface area contributed by atoms with E-state index in [1.54, 1.807) is 0 Å². The normalized spacial score (nSPS) is 36.7. The fourth-order valence-corrected chi connectivity index (χ4v) is 1.26. The molecule has 0 amide bonds. The van der Waals surface area contributed by atoms with Crippen molar-refractivity contribution in [2.75, 3.05) is 6.61 Å². The van der Waals surface area contributed by atoms with Crippen LogP contribution in [0.1, 0.15) is 19.3 Å². The first kappa shape index (κ1) is 7.03. The van der Waals surface area contributed by atoms with Crippen LogP contribution in [0.25, 0.3) is 0 Å². The topological polar surface area (TPSA) is 46.2 Å². The lowest BCUT2D eigenvalue weighted by molar-refractivity contribution is 0.187. The molecule has 1 aliphatic rings. The Morgan fingerprint density at radius 1 is 1.67 bits per heavy atom. The summed E-state index contributed by atoms with van der Waals surface area (Å²) in [5.74, 6) is 0.332. The average molecular weight is 128 g/mol. The van der Waals surface area contributed by atoms with Gasteiger partial charge in [0.2, 0.25) is 0 Å². The van der Waals surface area contributed by atoms with Gasteiger partial charge in [-0.25, -0.2) is 0 Å². The van der Waals surface area contributed by atoms with E-state index in [9.17, 15) is 0 Å². The summed E-state index contributed by atoms with van der Waals surface area (Å²) in [5, 5.41) is 8.76. The molecule has 0 heterocycles. The Morgan fingerprint density at radius 2 is 2.44 bits per heavy atom. The van der Waals surface area contributed by atoms with E-state index < -0.39 is 0 Å². The third-order valence-electron chi connectivity index (χ3n) is 2.01. The van der Waals surface area contributed by atoms with Gasteiger partial charge in [0.1, 0.15) is 0 Å². The highest BCUT2D eigenvalue weighted by Crippen LogP contribution is 2.20. The van der Waals surface area contributed by atoms with Crippen LogP contribution >= 0.6 is 0 Å². The molecule has 1 rings (SSSR count). The number of rotatable bonds is 1. The molecule has 53 valence electrons. The molecular weight excluding hydrogens is 114 g/mol. The molecule has 1 fully saturated rings. The predicted molar refractivity (Wildman–Crippen MR) is 36.7 cm³/mol. The largest absolute Gasteiger partial charge is 0.396 e. The van der Waals surface area contributed by atoms with E-state index in [1.807, 2.05) is 0 Å². The first-order valence-electron chi connectivity index (χ1n) is 3.52. The van der Waals surface area contributed by atoms with E-state index >= 15 is 0 Å². The summed E-state index contributed by atoms with van der Waals surface area (Å²) in [4.78, 5) is 0. The van der Waals surface area contributed by atoms with E-state index in [4.69, 9.17) is 10.8 Å². The smallest absolute Gasteiger partial charge is 0.0474 e. The molecule has 3 N–H and O–H groups in total. The van der Waals surface area contributed by atoms with Crippen molar-refractivity contribution in [2.45, 2.75) is 25.3 Å². The minimum absolute atomic E-state index is 0.236. The van der Waals surface area contributed by atoms with Crippen LogP contribution in [-0.4, -0.2) is 17.8 Å². The summed E-state index contributed by atoms with van der Waals surface area (Å²) in [5.41, 5.74) is 5.71. The van der Waals surface area contributed by atoms with Crippen molar-refractivity contribution < 1.29 is 5.11 Å². The maximum atomic E-state index is 8.76. The Hall–Kier alpha value is -0.0800. The standard InChI is InChI=1S/C7H14NO/c8-7-4-2-1-3-6(7)5-9/h1,6-7,9H,2-5,8H2. The van der Waals surface area contributed by atoms with E-state index in [2.05, 4.69) is 6.42 Å². The average Bonchev–Trinajstić information content (AvgIpc) is 1.89. The Bertz CT molecular complexity index is 85.0. The molecule has 2 atom stereocenters. The van der Waals surface area contributed by atoms with Crippen LogP contribution in [0.5, 0.6) is 0 Å². The molecule has 0 bridgehead atoms. The fourth-order valence-electron chi connectivity index (χ4n) is 1.26. The van der Waals surface area contributed by atoms with Gasteiger partial charge in [-0.3, -0.25) is 0 Å². The molecule has 0 aromatic heterocycles. The first-order valence-corrected chi connectivity index (χ1v) is 3.52. The van der Waals surface area contributed by atoms with Gasteiger partial charge in [-0.15, -0.1) is 0 Å². The Kier molecular flexibility index (Phi) is 2.49. The molecule has 0 spiro atoms. The zero-order valence-corrected chi connectivity index (χ0v) is 5.59. The number of hydrogen-bond acceptors (Lipinski definition) is 2. The van der Waals surface area contributed by atoms with Gasteiger partial charge < -0.3 is 10.8 Å². The highest BCUT2D eigenvalue weighted by molar-refractivity contribution is 4.85. The fraction of sp³-hybridized carbons (Fsp3) is 0.857. The van der Waals surface area contributed by atoms with Gasteiger partial charge in [0.15, 0.2) is 0 Å². The third-order valence-corrected chi connectivity index (χ3v) is 2.01. The molecule has 0 saturated heterocycles. The Labute approximate surface area is 56.1 Å². The van der Waals surface area contributed by atoms with E-state index in [0.717, 1.165) is 19.3 Å². The lowest BCUT2D eigenvalue weighted by Gasteiger charge is -2.26. The van der Waals surface area contributed by atoms with Gasteiger partial charge in [0.25, 0.3) is 0 Å². The monoisotopic (exact) mass is 128 g/mol. The second kappa shape index (κ2) is 3.18. The number of hydrogen-bond donors (Lipinski definition) is 2. The van der Waals surface area contributed by atoms with Crippen LogP contribution < -0.4 is 5.73 Å². The van der Waals surface area contributed by atoms with Gasteiger partial charge >= 0.3 is 0 Å². The van der Waals surface area contributed by atoms with Crippen molar-refractivity contribution >= 4 is 0 Å². The highest BCUT2D eigenvalue weighted by Gasteiger charge is 2.20. The number of aliphatic hydroxyl groups excluding tert-OH is 1. The van der Waals surface area contributed by atoms with E-state index in [0.29, 0.717) is 5.92 Å². The summed E-state index contributed by atoms with van der Waals surface area (Å²) >= 11 is 0. The maximum Gasteiger partial charge on any atom is 0.0474 e. The minimum Gasteiger partial charge on any atom is -0.396 e. The molecular formula is C7H14NO. The lowest BCUT2D eigenvalue weighted by Crippen LogP contribution is -2.35. The van der Waals surface area contributed by atoms with Crippen molar-refractivity contribution in [3.8, 4) is 0 Å². The molecule has 0 aromatic carbocycles. The number of nitrogens with two attached hydrogens (primary N) is 1. The zero-order valence-electron chi connectivity index (χ0n) is 5.59. The summed E-state index contributed by atoms with van der Waals surface area (Å²) < 4.78 is 0. The molecule has 0 aliphatic heterocycles. The molecule has 9 heavy (non-hydrogen) atoms.